The van der Waals surface area contributed by atoms with Crippen LogP contribution in [0.5, 0.6) is 0 Å². The minimum Gasteiger partial charge on any atom is -0.369 e. The van der Waals surface area contributed by atoms with Crippen molar-refractivity contribution in [2.24, 2.45) is 0 Å². The van der Waals surface area contributed by atoms with Gasteiger partial charge in [-0.3, -0.25) is 0 Å². The van der Waals surface area contributed by atoms with Crippen LogP contribution in [-0.2, 0) is 0 Å². The summed E-state index contributed by atoms with van der Waals surface area (Å²) in [7, 11) is 0. The molecule has 148 valence electrons. The number of nitrogens with zero attached hydrogens (tertiary/aromatic N) is 1. The Morgan fingerprint density at radius 1 is 0.724 bits per heavy atom. The Morgan fingerprint density at radius 2 is 1.28 bits per heavy atom. The van der Waals surface area contributed by atoms with Gasteiger partial charge in [0.15, 0.2) is 0 Å². The third kappa shape index (κ3) is 4.72. The highest BCUT2D eigenvalue weighted by atomic mass is 35.5. The number of halogens is 1. The minimum absolute atomic E-state index is 0.597. The molecule has 1 saturated heterocycles. The van der Waals surface area contributed by atoms with Gasteiger partial charge in [0.1, 0.15) is 0 Å². The minimum atomic E-state index is 0.597. The van der Waals surface area contributed by atoms with Crippen LogP contribution in [0.25, 0.3) is 11.1 Å². The van der Waals surface area contributed by atoms with Crippen LogP contribution in [0.2, 0.25) is 0 Å². The van der Waals surface area contributed by atoms with Crippen LogP contribution in [0.3, 0.4) is 0 Å². The lowest BCUT2D eigenvalue weighted by atomic mass is 9.88. The molecule has 1 heterocycles. The topological polar surface area (TPSA) is 15.3 Å². The summed E-state index contributed by atoms with van der Waals surface area (Å²) in [5.41, 5.74) is 7.55. The summed E-state index contributed by atoms with van der Waals surface area (Å²) in [6.45, 7) is 4.21. The van der Waals surface area contributed by atoms with Crippen LogP contribution in [0.1, 0.15) is 23.1 Å². The monoisotopic (exact) mass is 402 g/mol. The van der Waals surface area contributed by atoms with E-state index in [2.05, 4.69) is 95.1 Å². The van der Waals surface area contributed by atoms with E-state index in [1.54, 1.807) is 0 Å². The first kappa shape index (κ1) is 19.8. The standard InChI is InChI=1S/C26H27ClN2/c27-16-15-25(21-7-3-1-4-8-21)26(22-9-5-2-6-10-22)23-11-13-24(14-12-23)29-19-17-28-18-20-29/h1-14,28H,15-20H2. The Labute approximate surface area is 178 Å². The number of anilines is 1. The van der Waals surface area contributed by atoms with Crippen molar-refractivity contribution in [1.82, 2.24) is 5.32 Å². The van der Waals surface area contributed by atoms with E-state index in [-0.39, 0.29) is 0 Å². The van der Waals surface area contributed by atoms with Crippen LogP contribution in [0.15, 0.2) is 84.9 Å². The Hall–Kier alpha value is -2.55. The number of hydrogen-bond acceptors (Lipinski definition) is 2. The predicted molar refractivity (Wildman–Crippen MR) is 126 cm³/mol. The van der Waals surface area contributed by atoms with Crippen molar-refractivity contribution in [3.8, 4) is 0 Å². The zero-order valence-electron chi connectivity index (χ0n) is 16.7. The molecule has 1 fully saturated rings. The highest BCUT2D eigenvalue weighted by Crippen LogP contribution is 2.35. The molecule has 0 amide bonds. The van der Waals surface area contributed by atoms with Crippen LogP contribution in [0.4, 0.5) is 5.69 Å². The molecule has 0 bridgehead atoms. The first-order valence-electron chi connectivity index (χ1n) is 10.3. The summed E-state index contributed by atoms with van der Waals surface area (Å²) >= 11 is 6.25. The third-order valence-electron chi connectivity index (χ3n) is 5.47. The van der Waals surface area contributed by atoms with Gasteiger partial charge in [0.05, 0.1) is 0 Å². The van der Waals surface area contributed by atoms with Crippen molar-refractivity contribution in [2.75, 3.05) is 37.0 Å². The molecule has 1 N–H and O–H groups in total. The van der Waals surface area contributed by atoms with E-state index in [9.17, 15) is 0 Å². The Bertz CT molecular complexity index is 927. The van der Waals surface area contributed by atoms with Gasteiger partial charge in [0, 0.05) is 37.7 Å². The molecule has 0 saturated carbocycles. The fourth-order valence-corrected chi connectivity index (χ4v) is 4.22. The maximum Gasteiger partial charge on any atom is 0.0367 e. The molecule has 0 atom stereocenters. The molecule has 0 aliphatic carbocycles. The van der Waals surface area contributed by atoms with E-state index >= 15 is 0 Å². The normalized spacial score (nSPS) is 15.1. The van der Waals surface area contributed by atoms with Crippen molar-refractivity contribution in [3.05, 3.63) is 102 Å². The molecule has 2 nitrogen and oxygen atoms in total. The summed E-state index contributed by atoms with van der Waals surface area (Å²) in [6.07, 6.45) is 0.829. The van der Waals surface area contributed by atoms with Gasteiger partial charge in [0.2, 0.25) is 0 Å². The average Bonchev–Trinajstić information content (AvgIpc) is 2.81. The van der Waals surface area contributed by atoms with Crippen molar-refractivity contribution in [2.45, 2.75) is 6.42 Å². The SMILES string of the molecule is ClCCC(=C(c1ccccc1)c1ccc(N2CCNCC2)cc1)c1ccccc1. The Morgan fingerprint density at radius 3 is 1.86 bits per heavy atom. The summed E-state index contributed by atoms with van der Waals surface area (Å²) in [6, 6.07) is 30.3. The van der Waals surface area contributed by atoms with E-state index in [4.69, 9.17) is 11.6 Å². The van der Waals surface area contributed by atoms with E-state index in [1.165, 1.54) is 33.5 Å². The Balaban J connectivity index is 1.80. The summed E-state index contributed by atoms with van der Waals surface area (Å²) < 4.78 is 0. The molecular weight excluding hydrogens is 376 g/mol. The van der Waals surface area contributed by atoms with Crippen LogP contribution >= 0.6 is 11.6 Å². The van der Waals surface area contributed by atoms with Gasteiger partial charge < -0.3 is 10.2 Å². The fourth-order valence-electron chi connectivity index (χ4n) is 4.03. The second kappa shape index (κ2) is 9.78. The number of allylic oxidation sites excluding steroid dienone is 1. The molecule has 3 heteroatoms. The van der Waals surface area contributed by atoms with E-state index in [1.807, 2.05) is 0 Å². The molecule has 1 aliphatic rings. The lowest BCUT2D eigenvalue weighted by Crippen LogP contribution is -2.43. The van der Waals surface area contributed by atoms with Gasteiger partial charge in [-0.25, -0.2) is 0 Å². The Kier molecular flexibility index (Phi) is 6.66. The van der Waals surface area contributed by atoms with E-state index in [0.29, 0.717) is 5.88 Å². The van der Waals surface area contributed by atoms with Gasteiger partial charge in [-0.05, 0) is 46.4 Å². The second-order valence-corrected chi connectivity index (χ2v) is 7.69. The number of rotatable bonds is 6. The molecule has 4 rings (SSSR count). The highest BCUT2D eigenvalue weighted by molar-refractivity contribution is 6.18. The van der Waals surface area contributed by atoms with Crippen LogP contribution in [-0.4, -0.2) is 32.1 Å². The summed E-state index contributed by atoms with van der Waals surface area (Å²) in [4.78, 5) is 2.45. The molecule has 3 aromatic carbocycles. The first-order chi connectivity index (χ1) is 14.4. The number of nitrogens with one attached hydrogen (secondary N) is 1. The predicted octanol–water partition coefficient (Wildman–Crippen LogP) is 5.68. The quantitative estimate of drug-likeness (QED) is 0.421. The van der Waals surface area contributed by atoms with Crippen LogP contribution < -0.4 is 10.2 Å². The lowest BCUT2D eigenvalue weighted by Gasteiger charge is -2.29. The molecule has 29 heavy (non-hydrogen) atoms. The maximum atomic E-state index is 6.25. The number of benzene rings is 3. The van der Waals surface area contributed by atoms with Crippen molar-refractivity contribution in [1.29, 1.82) is 0 Å². The van der Waals surface area contributed by atoms with Gasteiger partial charge in [0.25, 0.3) is 0 Å². The van der Waals surface area contributed by atoms with Gasteiger partial charge in [-0.1, -0.05) is 72.8 Å². The second-order valence-electron chi connectivity index (χ2n) is 7.31. The van der Waals surface area contributed by atoms with Crippen LogP contribution in [0, 0.1) is 0 Å². The van der Waals surface area contributed by atoms with Crippen molar-refractivity contribution >= 4 is 28.4 Å². The molecule has 1 aliphatic heterocycles. The fraction of sp³-hybridized carbons (Fsp3) is 0.231. The van der Waals surface area contributed by atoms with Gasteiger partial charge >= 0.3 is 0 Å². The lowest BCUT2D eigenvalue weighted by molar-refractivity contribution is 0.589. The average molecular weight is 403 g/mol. The summed E-state index contributed by atoms with van der Waals surface area (Å²) in [5.74, 6) is 0.597. The molecule has 0 radical (unpaired) electrons. The largest absolute Gasteiger partial charge is 0.369 e. The van der Waals surface area contributed by atoms with Crippen molar-refractivity contribution in [3.63, 3.8) is 0 Å². The molecular formula is C26H27ClN2. The molecule has 0 aromatic heterocycles. The van der Waals surface area contributed by atoms with Crippen molar-refractivity contribution < 1.29 is 0 Å². The molecule has 0 spiro atoms. The molecule has 0 unspecified atom stereocenters. The number of alkyl halides is 1. The third-order valence-corrected chi connectivity index (χ3v) is 5.66. The molecule has 3 aromatic rings. The van der Waals surface area contributed by atoms with E-state index < -0.39 is 0 Å². The number of piperazine rings is 1. The van der Waals surface area contributed by atoms with Gasteiger partial charge in [-0.2, -0.15) is 0 Å². The highest BCUT2D eigenvalue weighted by Gasteiger charge is 2.15. The zero-order chi connectivity index (χ0) is 19.9. The number of hydrogen-bond donors (Lipinski definition) is 1. The van der Waals surface area contributed by atoms with E-state index in [0.717, 1.165) is 32.6 Å². The van der Waals surface area contributed by atoms with Gasteiger partial charge in [-0.15, -0.1) is 11.6 Å². The summed E-state index contributed by atoms with van der Waals surface area (Å²) in [5, 5.41) is 3.42. The first-order valence-corrected chi connectivity index (χ1v) is 10.9. The smallest absolute Gasteiger partial charge is 0.0367 e. The zero-order valence-corrected chi connectivity index (χ0v) is 17.4. The maximum absolute atomic E-state index is 6.25.